The van der Waals surface area contributed by atoms with Gasteiger partial charge in [-0.05, 0) is 54.8 Å². The molecule has 7 nitrogen and oxygen atoms in total. The van der Waals surface area contributed by atoms with E-state index >= 15 is 0 Å². The number of imidazole rings is 1. The first-order valence-corrected chi connectivity index (χ1v) is 10.3. The van der Waals surface area contributed by atoms with Gasteiger partial charge in [-0.25, -0.2) is 4.79 Å². The molecule has 0 bridgehead atoms. The van der Waals surface area contributed by atoms with Gasteiger partial charge in [0.1, 0.15) is 5.75 Å². The van der Waals surface area contributed by atoms with Crippen LogP contribution in [-0.4, -0.2) is 18.7 Å². The third kappa shape index (κ3) is 3.75. The van der Waals surface area contributed by atoms with Crippen molar-refractivity contribution < 1.29 is 4.74 Å². The number of rotatable bonds is 4. The molecule has 160 valence electrons. The second-order valence-electron chi connectivity index (χ2n) is 7.46. The van der Waals surface area contributed by atoms with Gasteiger partial charge in [0.2, 0.25) is 0 Å². The SMILES string of the molecule is Cc1ccc(Oc2nc3c(c(=O)n(C)c(=O)n3C)n2Cc2ccc(Cl)c(Cl)c2)cc1C. The van der Waals surface area contributed by atoms with Crippen LogP contribution in [0.4, 0.5) is 0 Å². The van der Waals surface area contributed by atoms with Crippen molar-refractivity contribution in [2.24, 2.45) is 14.1 Å². The molecule has 0 amide bonds. The summed E-state index contributed by atoms with van der Waals surface area (Å²) in [4.78, 5) is 29.9. The highest BCUT2D eigenvalue weighted by molar-refractivity contribution is 6.42. The Balaban J connectivity index is 1.94. The second kappa shape index (κ2) is 7.90. The van der Waals surface area contributed by atoms with Crippen molar-refractivity contribution in [3.8, 4) is 11.8 Å². The van der Waals surface area contributed by atoms with E-state index in [0.717, 1.165) is 21.3 Å². The van der Waals surface area contributed by atoms with Crippen LogP contribution < -0.4 is 16.0 Å². The van der Waals surface area contributed by atoms with E-state index in [-0.39, 0.29) is 23.7 Å². The molecule has 0 fully saturated rings. The van der Waals surface area contributed by atoms with Crippen LogP contribution in [0.5, 0.6) is 11.8 Å². The van der Waals surface area contributed by atoms with Gasteiger partial charge >= 0.3 is 11.7 Å². The molecule has 2 aromatic carbocycles. The Morgan fingerprint density at radius 3 is 2.35 bits per heavy atom. The number of fused-ring (bicyclic) bond motifs is 1. The average molecular weight is 459 g/mol. The van der Waals surface area contributed by atoms with Crippen LogP contribution in [0.15, 0.2) is 46.0 Å². The van der Waals surface area contributed by atoms with Crippen LogP contribution in [0, 0.1) is 13.8 Å². The zero-order chi connectivity index (χ0) is 22.4. The van der Waals surface area contributed by atoms with Crippen molar-refractivity contribution >= 4 is 34.4 Å². The average Bonchev–Trinajstić information content (AvgIpc) is 3.08. The summed E-state index contributed by atoms with van der Waals surface area (Å²) in [6, 6.07) is 11.1. The van der Waals surface area contributed by atoms with Gasteiger partial charge in [-0.1, -0.05) is 35.3 Å². The van der Waals surface area contributed by atoms with Crippen LogP contribution >= 0.6 is 23.2 Å². The van der Waals surface area contributed by atoms with Crippen LogP contribution in [0.1, 0.15) is 16.7 Å². The van der Waals surface area contributed by atoms with Gasteiger partial charge in [0.15, 0.2) is 11.2 Å². The fraction of sp³-hybridized carbons (Fsp3) is 0.227. The van der Waals surface area contributed by atoms with Crippen molar-refractivity contribution in [1.29, 1.82) is 0 Å². The maximum atomic E-state index is 13.0. The molecule has 4 aromatic rings. The summed E-state index contributed by atoms with van der Waals surface area (Å²) in [6.45, 7) is 4.25. The fourth-order valence-electron chi connectivity index (χ4n) is 3.35. The van der Waals surface area contributed by atoms with E-state index < -0.39 is 11.2 Å². The molecule has 31 heavy (non-hydrogen) atoms. The summed E-state index contributed by atoms with van der Waals surface area (Å²) in [5.41, 5.74) is 2.58. The highest BCUT2D eigenvalue weighted by atomic mass is 35.5. The Morgan fingerprint density at radius 1 is 0.935 bits per heavy atom. The van der Waals surface area contributed by atoms with E-state index in [1.165, 1.54) is 11.6 Å². The molecule has 0 aliphatic rings. The monoisotopic (exact) mass is 458 g/mol. The van der Waals surface area contributed by atoms with Crippen molar-refractivity contribution in [2.75, 3.05) is 0 Å². The zero-order valence-electron chi connectivity index (χ0n) is 17.4. The molecule has 0 aliphatic carbocycles. The van der Waals surface area contributed by atoms with Crippen LogP contribution in [0.2, 0.25) is 10.0 Å². The second-order valence-corrected chi connectivity index (χ2v) is 8.27. The molecule has 0 saturated heterocycles. The molecular weight excluding hydrogens is 439 g/mol. The number of aryl methyl sites for hydroxylation is 3. The van der Waals surface area contributed by atoms with Crippen molar-refractivity contribution in [2.45, 2.75) is 20.4 Å². The number of halogens is 2. The fourth-order valence-corrected chi connectivity index (χ4v) is 3.68. The van der Waals surface area contributed by atoms with Gasteiger partial charge in [-0.3, -0.25) is 18.5 Å². The zero-order valence-corrected chi connectivity index (χ0v) is 19.0. The first-order chi connectivity index (χ1) is 14.7. The molecule has 4 rings (SSSR count). The summed E-state index contributed by atoms with van der Waals surface area (Å²) >= 11 is 12.2. The molecule has 0 spiro atoms. The maximum absolute atomic E-state index is 13.0. The first kappa shape index (κ1) is 21.2. The smallest absolute Gasteiger partial charge is 0.332 e. The molecule has 0 saturated carbocycles. The van der Waals surface area contributed by atoms with Gasteiger partial charge in [-0.2, -0.15) is 4.98 Å². The van der Waals surface area contributed by atoms with E-state index in [9.17, 15) is 9.59 Å². The number of ether oxygens (including phenoxy) is 1. The van der Waals surface area contributed by atoms with Crippen molar-refractivity contribution in [3.63, 3.8) is 0 Å². The Kier molecular flexibility index (Phi) is 5.41. The van der Waals surface area contributed by atoms with Crippen molar-refractivity contribution in [3.05, 3.63) is 84.0 Å². The summed E-state index contributed by atoms with van der Waals surface area (Å²) in [5, 5.41) is 0.839. The molecule has 0 atom stereocenters. The molecule has 0 radical (unpaired) electrons. The summed E-state index contributed by atoms with van der Waals surface area (Å²) in [7, 11) is 3.00. The minimum Gasteiger partial charge on any atom is -0.425 e. The Morgan fingerprint density at radius 2 is 1.68 bits per heavy atom. The summed E-state index contributed by atoms with van der Waals surface area (Å²) in [6.07, 6.45) is 0. The number of hydrogen-bond donors (Lipinski definition) is 0. The third-order valence-electron chi connectivity index (χ3n) is 5.33. The minimum absolute atomic E-state index is 0.197. The van der Waals surface area contributed by atoms with Gasteiger partial charge in [0, 0.05) is 14.1 Å². The third-order valence-corrected chi connectivity index (χ3v) is 6.06. The highest BCUT2D eigenvalue weighted by Crippen LogP contribution is 2.28. The van der Waals surface area contributed by atoms with E-state index in [4.69, 9.17) is 27.9 Å². The van der Waals surface area contributed by atoms with Gasteiger partial charge < -0.3 is 4.74 Å². The quantitative estimate of drug-likeness (QED) is 0.459. The van der Waals surface area contributed by atoms with Crippen LogP contribution in [-0.2, 0) is 20.6 Å². The molecular formula is C22H20Cl2N4O3. The number of hydrogen-bond acceptors (Lipinski definition) is 4. The van der Waals surface area contributed by atoms with Gasteiger partial charge in [0.25, 0.3) is 5.56 Å². The summed E-state index contributed by atoms with van der Waals surface area (Å²) in [5.74, 6) is 0.579. The topological polar surface area (TPSA) is 71.1 Å². The van der Waals surface area contributed by atoms with Crippen LogP contribution in [0.25, 0.3) is 11.2 Å². The standard InChI is InChI=1S/C22H20Cl2N4O3/c1-12-5-7-15(9-13(12)2)31-21-25-19-18(20(29)27(4)22(30)26(19)3)28(21)11-14-6-8-16(23)17(24)10-14/h5-10H,11H2,1-4H3. The number of aromatic nitrogens is 4. The Labute approximate surface area is 188 Å². The minimum atomic E-state index is -0.464. The predicted octanol–water partition coefficient (Wildman–Crippen LogP) is 4.20. The first-order valence-electron chi connectivity index (χ1n) is 9.52. The molecule has 0 aliphatic heterocycles. The van der Waals surface area contributed by atoms with E-state index in [0.29, 0.717) is 15.8 Å². The molecule has 9 heteroatoms. The number of nitrogens with zero attached hydrogens (tertiary/aromatic N) is 4. The lowest BCUT2D eigenvalue weighted by Gasteiger charge is -2.11. The lowest BCUT2D eigenvalue weighted by atomic mass is 10.1. The lowest BCUT2D eigenvalue weighted by molar-refractivity contribution is 0.420. The lowest BCUT2D eigenvalue weighted by Crippen LogP contribution is -2.37. The molecule has 0 N–H and O–H groups in total. The maximum Gasteiger partial charge on any atom is 0.332 e. The normalized spacial score (nSPS) is 11.3. The molecule has 2 aromatic heterocycles. The van der Waals surface area contributed by atoms with Gasteiger partial charge in [0.05, 0.1) is 16.6 Å². The van der Waals surface area contributed by atoms with E-state index in [1.807, 2.05) is 38.1 Å². The van der Waals surface area contributed by atoms with Crippen LogP contribution in [0.3, 0.4) is 0 Å². The molecule has 0 unspecified atom stereocenters. The van der Waals surface area contributed by atoms with Crippen molar-refractivity contribution in [1.82, 2.24) is 18.7 Å². The van der Waals surface area contributed by atoms with Gasteiger partial charge in [-0.15, -0.1) is 0 Å². The largest absolute Gasteiger partial charge is 0.425 e. The summed E-state index contributed by atoms with van der Waals surface area (Å²) < 4.78 is 10.1. The number of benzene rings is 2. The highest BCUT2D eigenvalue weighted by Gasteiger charge is 2.21. The van der Waals surface area contributed by atoms with E-state index in [2.05, 4.69) is 4.98 Å². The predicted molar refractivity (Wildman–Crippen MR) is 122 cm³/mol. The Hall–Kier alpha value is -3.03. The van der Waals surface area contributed by atoms with E-state index in [1.54, 1.807) is 23.7 Å². The Bertz CT molecular complexity index is 1450. The molecule has 2 heterocycles.